The van der Waals surface area contributed by atoms with E-state index in [-0.39, 0.29) is 0 Å². The van der Waals surface area contributed by atoms with Crippen molar-refractivity contribution >= 4 is 17.7 Å². The number of hydrogen-bond donors (Lipinski definition) is 2. The molecule has 0 bridgehead atoms. The third-order valence-corrected chi connectivity index (χ3v) is 3.81. The molecule has 0 aromatic carbocycles. The number of rotatable bonds is 1. The molecule has 0 aromatic rings. The molecule has 80 valence electrons. The minimum atomic E-state index is 0.530. The van der Waals surface area contributed by atoms with E-state index in [1.54, 1.807) is 0 Å². The Kier molecular flexibility index (Phi) is 3.18. The molecule has 1 aliphatic carbocycles. The van der Waals surface area contributed by atoms with Crippen LogP contribution in [0.5, 0.6) is 0 Å². The van der Waals surface area contributed by atoms with E-state index in [2.05, 4.69) is 22.2 Å². The Balaban J connectivity index is 2.01. The second kappa shape index (κ2) is 4.40. The molecule has 0 aromatic heterocycles. The van der Waals surface area contributed by atoms with Gasteiger partial charge in [0.1, 0.15) is 0 Å². The zero-order valence-electron chi connectivity index (χ0n) is 8.57. The zero-order valence-corrected chi connectivity index (χ0v) is 9.39. The van der Waals surface area contributed by atoms with Gasteiger partial charge in [-0.15, -0.1) is 0 Å². The molecule has 5 heteroatoms. The Morgan fingerprint density at radius 3 is 2.93 bits per heavy atom. The molecule has 4 nitrogen and oxygen atoms in total. The second-order valence-electron chi connectivity index (χ2n) is 3.95. The van der Waals surface area contributed by atoms with E-state index in [9.17, 15) is 0 Å². The number of hydrogen-bond acceptors (Lipinski definition) is 3. The maximum atomic E-state index is 5.51. The summed E-state index contributed by atoms with van der Waals surface area (Å²) in [4.78, 5) is 6.86. The number of nitrogens with zero attached hydrogens (tertiary/aromatic N) is 2. The highest BCUT2D eigenvalue weighted by atomic mass is 32.2. The molecule has 3 N–H and O–H groups in total. The van der Waals surface area contributed by atoms with Crippen LogP contribution in [0.2, 0.25) is 0 Å². The van der Waals surface area contributed by atoms with Gasteiger partial charge in [0, 0.05) is 24.1 Å². The lowest BCUT2D eigenvalue weighted by Gasteiger charge is -2.35. The topological polar surface area (TPSA) is 53.6 Å². The molecule has 0 radical (unpaired) electrons. The van der Waals surface area contributed by atoms with E-state index < -0.39 is 0 Å². The lowest BCUT2D eigenvalue weighted by Crippen LogP contribution is -2.52. The SMILES string of the molecule is CC1CSCCN1C(=NC1CC1)NN. The molecule has 1 heterocycles. The van der Waals surface area contributed by atoms with E-state index in [1.165, 1.54) is 24.3 Å². The summed E-state index contributed by atoms with van der Waals surface area (Å²) in [5.41, 5.74) is 2.74. The number of nitrogens with two attached hydrogens (primary N) is 1. The van der Waals surface area contributed by atoms with E-state index in [1.807, 2.05) is 11.8 Å². The van der Waals surface area contributed by atoms with Crippen LogP contribution in [0.15, 0.2) is 4.99 Å². The van der Waals surface area contributed by atoms with Gasteiger partial charge in [-0.1, -0.05) is 0 Å². The van der Waals surface area contributed by atoms with Crippen molar-refractivity contribution < 1.29 is 0 Å². The highest BCUT2D eigenvalue weighted by molar-refractivity contribution is 7.99. The second-order valence-corrected chi connectivity index (χ2v) is 5.10. The van der Waals surface area contributed by atoms with Crippen molar-refractivity contribution in [1.29, 1.82) is 0 Å². The van der Waals surface area contributed by atoms with E-state index in [0.29, 0.717) is 12.1 Å². The first-order valence-electron chi connectivity index (χ1n) is 5.20. The predicted molar refractivity (Wildman–Crippen MR) is 61.3 cm³/mol. The summed E-state index contributed by atoms with van der Waals surface area (Å²) < 4.78 is 0. The monoisotopic (exact) mass is 214 g/mol. The van der Waals surface area contributed by atoms with E-state index in [0.717, 1.165) is 12.5 Å². The minimum absolute atomic E-state index is 0.530. The molecular formula is C9H18N4S. The number of nitrogens with one attached hydrogen (secondary N) is 1. The molecule has 1 saturated heterocycles. The van der Waals surface area contributed by atoms with Crippen LogP contribution < -0.4 is 11.3 Å². The van der Waals surface area contributed by atoms with Crippen molar-refractivity contribution in [3.05, 3.63) is 0 Å². The largest absolute Gasteiger partial charge is 0.338 e. The van der Waals surface area contributed by atoms with Gasteiger partial charge in [0.05, 0.1) is 6.04 Å². The van der Waals surface area contributed by atoms with Gasteiger partial charge in [-0.2, -0.15) is 11.8 Å². The van der Waals surface area contributed by atoms with Gasteiger partial charge >= 0.3 is 0 Å². The van der Waals surface area contributed by atoms with Crippen molar-refractivity contribution in [2.75, 3.05) is 18.1 Å². The van der Waals surface area contributed by atoms with Crippen LogP contribution in [0.4, 0.5) is 0 Å². The molecule has 1 unspecified atom stereocenters. The standard InChI is InChI=1S/C9H18N4S/c1-7-6-14-5-4-13(7)9(12-10)11-8-2-3-8/h7-8H,2-6,10H2,1H3,(H,11,12). The van der Waals surface area contributed by atoms with Crippen LogP contribution in [0.3, 0.4) is 0 Å². The summed E-state index contributed by atoms with van der Waals surface area (Å²) in [7, 11) is 0. The molecule has 1 aliphatic heterocycles. The van der Waals surface area contributed by atoms with Gasteiger partial charge in [-0.25, -0.2) is 10.8 Å². The van der Waals surface area contributed by atoms with Crippen molar-refractivity contribution in [2.45, 2.75) is 31.8 Å². The normalized spacial score (nSPS) is 29.1. The molecule has 0 amide bonds. The summed E-state index contributed by atoms with van der Waals surface area (Å²) in [6.45, 7) is 3.29. The van der Waals surface area contributed by atoms with Crippen LogP contribution in [0.1, 0.15) is 19.8 Å². The summed E-state index contributed by atoms with van der Waals surface area (Å²) in [6.07, 6.45) is 2.45. The summed E-state index contributed by atoms with van der Waals surface area (Å²) in [5.74, 6) is 8.75. The van der Waals surface area contributed by atoms with E-state index >= 15 is 0 Å². The molecule has 2 aliphatic rings. The lowest BCUT2D eigenvalue weighted by atomic mass is 10.3. The van der Waals surface area contributed by atoms with Crippen molar-refractivity contribution in [3.63, 3.8) is 0 Å². The van der Waals surface area contributed by atoms with Crippen LogP contribution >= 0.6 is 11.8 Å². The Hall–Kier alpha value is -0.420. The zero-order chi connectivity index (χ0) is 9.97. The smallest absolute Gasteiger partial charge is 0.208 e. The van der Waals surface area contributed by atoms with Gasteiger partial charge in [0.15, 0.2) is 0 Å². The Morgan fingerprint density at radius 1 is 1.57 bits per heavy atom. The maximum absolute atomic E-state index is 5.51. The van der Waals surface area contributed by atoms with Crippen molar-refractivity contribution in [1.82, 2.24) is 10.3 Å². The first-order valence-corrected chi connectivity index (χ1v) is 6.35. The fraction of sp³-hybridized carbons (Fsp3) is 0.889. The Bertz CT molecular complexity index is 227. The lowest BCUT2D eigenvalue weighted by molar-refractivity contribution is 0.351. The van der Waals surface area contributed by atoms with Crippen molar-refractivity contribution in [2.24, 2.45) is 10.8 Å². The quantitative estimate of drug-likeness (QED) is 0.287. The predicted octanol–water partition coefficient (Wildman–Crippen LogP) is 0.405. The fourth-order valence-electron chi connectivity index (χ4n) is 1.61. The first kappa shape index (κ1) is 10.1. The number of aliphatic imine (C=N–C) groups is 1. The first-order chi connectivity index (χ1) is 6.81. The van der Waals surface area contributed by atoms with Gasteiger partial charge in [0.2, 0.25) is 5.96 Å². The van der Waals surface area contributed by atoms with Gasteiger partial charge in [-0.05, 0) is 19.8 Å². The molecule has 2 rings (SSSR count). The molecule has 2 fully saturated rings. The Labute approximate surface area is 89.3 Å². The van der Waals surface area contributed by atoms with Crippen LogP contribution in [0.25, 0.3) is 0 Å². The van der Waals surface area contributed by atoms with E-state index in [4.69, 9.17) is 5.84 Å². The summed E-state index contributed by atoms with van der Waals surface area (Å²) >= 11 is 2.00. The maximum Gasteiger partial charge on any atom is 0.208 e. The van der Waals surface area contributed by atoms with Crippen molar-refractivity contribution in [3.8, 4) is 0 Å². The van der Waals surface area contributed by atoms with Crippen LogP contribution in [0, 0.1) is 0 Å². The number of hydrazine groups is 1. The van der Waals surface area contributed by atoms with Crippen LogP contribution in [-0.2, 0) is 0 Å². The Morgan fingerprint density at radius 2 is 2.36 bits per heavy atom. The molecular weight excluding hydrogens is 196 g/mol. The van der Waals surface area contributed by atoms with Gasteiger partial charge in [0.25, 0.3) is 0 Å². The highest BCUT2D eigenvalue weighted by Crippen LogP contribution is 2.24. The third-order valence-electron chi connectivity index (χ3n) is 2.62. The highest BCUT2D eigenvalue weighted by Gasteiger charge is 2.26. The average molecular weight is 214 g/mol. The number of guanidine groups is 1. The summed E-state index contributed by atoms with van der Waals surface area (Å²) in [6, 6.07) is 1.07. The van der Waals surface area contributed by atoms with Gasteiger partial charge in [-0.3, -0.25) is 5.43 Å². The van der Waals surface area contributed by atoms with Gasteiger partial charge < -0.3 is 4.90 Å². The van der Waals surface area contributed by atoms with Crippen LogP contribution in [-0.4, -0.2) is 41.0 Å². The molecule has 1 atom stereocenters. The molecule has 1 saturated carbocycles. The number of thioether (sulfide) groups is 1. The minimum Gasteiger partial charge on any atom is -0.338 e. The molecule has 14 heavy (non-hydrogen) atoms. The third kappa shape index (κ3) is 2.33. The fourth-order valence-corrected chi connectivity index (χ4v) is 2.63. The summed E-state index contributed by atoms with van der Waals surface area (Å²) in [5, 5.41) is 0. The average Bonchev–Trinajstić information content (AvgIpc) is 2.99. The molecule has 0 spiro atoms.